The van der Waals surface area contributed by atoms with Crippen LogP contribution >= 0.6 is 15.9 Å². The largest absolute Gasteiger partial charge is 0.496 e. The maximum absolute atomic E-state index is 12.0. The third kappa shape index (κ3) is 3.44. The highest BCUT2D eigenvalue weighted by Crippen LogP contribution is 2.44. The van der Waals surface area contributed by atoms with E-state index in [1.807, 2.05) is 31.2 Å². The number of fused-ring (bicyclic) bond motifs is 1. The van der Waals surface area contributed by atoms with E-state index < -0.39 is 0 Å². The lowest BCUT2D eigenvalue weighted by Gasteiger charge is -2.19. The van der Waals surface area contributed by atoms with Crippen LogP contribution in [0.3, 0.4) is 0 Å². The minimum Gasteiger partial charge on any atom is -0.496 e. The van der Waals surface area contributed by atoms with Gasteiger partial charge in [-0.2, -0.15) is 0 Å². The van der Waals surface area contributed by atoms with Crippen LogP contribution in [-0.4, -0.2) is 26.8 Å². The first-order valence-corrected chi connectivity index (χ1v) is 8.32. The summed E-state index contributed by atoms with van der Waals surface area (Å²) in [5.41, 5.74) is 0.906. The van der Waals surface area contributed by atoms with Crippen molar-refractivity contribution in [1.29, 1.82) is 0 Å². The molecule has 2 rings (SSSR count). The molecule has 0 aliphatic heterocycles. The fraction of sp³-hybridized carbons (Fsp3) is 0.389. The Morgan fingerprint density at radius 3 is 2.22 bits per heavy atom. The van der Waals surface area contributed by atoms with Crippen LogP contribution in [0.25, 0.3) is 10.8 Å². The molecule has 0 amide bonds. The molecule has 0 N–H and O–H groups in total. The monoisotopic (exact) mass is 380 g/mol. The van der Waals surface area contributed by atoms with Gasteiger partial charge >= 0.3 is 5.97 Å². The molecule has 0 aliphatic carbocycles. The Labute approximate surface area is 144 Å². The number of ether oxygens (including phenoxy) is 3. The third-order valence-corrected chi connectivity index (χ3v) is 4.60. The molecule has 0 bridgehead atoms. The predicted octanol–water partition coefficient (Wildman–Crippen LogP) is 4.36. The molecule has 5 heteroatoms. The molecule has 0 aliphatic rings. The van der Waals surface area contributed by atoms with Gasteiger partial charge in [-0.05, 0) is 29.3 Å². The minimum atomic E-state index is -0.272. The van der Waals surface area contributed by atoms with Crippen LogP contribution < -0.4 is 9.47 Å². The highest BCUT2D eigenvalue weighted by Gasteiger charge is 2.23. The van der Waals surface area contributed by atoms with Gasteiger partial charge in [0, 0.05) is 16.3 Å². The first-order valence-electron chi connectivity index (χ1n) is 7.52. The van der Waals surface area contributed by atoms with Gasteiger partial charge in [-0.25, -0.2) is 0 Å². The second-order valence-corrected chi connectivity index (χ2v) is 6.05. The molecule has 4 nitrogen and oxygen atoms in total. The molecule has 0 spiro atoms. The highest BCUT2D eigenvalue weighted by molar-refractivity contribution is 9.10. The Hall–Kier alpha value is -1.75. The first kappa shape index (κ1) is 17.6. The quantitative estimate of drug-likeness (QED) is 0.698. The fourth-order valence-electron chi connectivity index (χ4n) is 2.69. The SMILES string of the molecule is CCOC(=O)C(C)Cc1c(Br)c(OC)c2ccccc2c1OC. The van der Waals surface area contributed by atoms with Crippen LogP contribution in [0.1, 0.15) is 19.4 Å². The number of halogens is 1. The maximum Gasteiger partial charge on any atom is 0.308 e. The number of methoxy groups -OCH3 is 2. The Kier molecular flexibility index (Phi) is 5.88. The molecule has 2 aromatic carbocycles. The molecule has 0 heterocycles. The number of rotatable bonds is 6. The zero-order valence-electron chi connectivity index (χ0n) is 13.8. The number of benzene rings is 2. The van der Waals surface area contributed by atoms with Crippen LogP contribution in [0.5, 0.6) is 11.5 Å². The molecule has 0 saturated heterocycles. The number of hydrogen-bond acceptors (Lipinski definition) is 4. The predicted molar refractivity (Wildman–Crippen MR) is 94.3 cm³/mol. The molecular formula is C18H21BrO4. The Balaban J connectivity index is 2.58. The molecule has 124 valence electrons. The molecule has 0 fully saturated rings. The second kappa shape index (κ2) is 7.68. The Morgan fingerprint density at radius 2 is 1.70 bits per heavy atom. The van der Waals surface area contributed by atoms with E-state index in [2.05, 4.69) is 15.9 Å². The number of carbonyl (C=O) groups is 1. The molecule has 23 heavy (non-hydrogen) atoms. The molecule has 1 atom stereocenters. The van der Waals surface area contributed by atoms with Gasteiger partial charge in [0.05, 0.1) is 31.2 Å². The van der Waals surface area contributed by atoms with Crippen molar-refractivity contribution in [3.63, 3.8) is 0 Å². The van der Waals surface area contributed by atoms with Gasteiger partial charge in [-0.1, -0.05) is 31.2 Å². The third-order valence-electron chi connectivity index (χ3n) is 3.76. The van der Waals surface area contributed by atoms with Crippen molar-refractivity contribution in [3.8, 4) is 11.5 Å². The number of esters is 1. The van der Waals surface area contributed by atoms with E-state index in [1.165, 1.54) is 0 Å². The standard InChI is InChI=1S/C18H21BrO4/c1-5-23-18(20)11(2)10-14-15(19)17(22-4)13-9-7-6-8-12(13)16(14)21-3/h6-9,11H,5,10H2,1-4H3. The summed E-state index contributed by atoms with van der Waals surface area (Å²) in [6, 6.07) is 7.88. The first-order chi connectivity index (χ1) is 11.0. The molecule has 0 radical (unpaired) electrons. The summed E-state index contributed by atoms with van der Waals surface area (Å²) >= 11 is 3.61. The van der Waals surface area contributed by atoms with Crippen LogP contribution in [0.2, 0.25) is 0 Å². The van der Waals surface area contributed by atoms with E-state index in [9.17, 15) is 4.79 Å². The van der Waals surface area contributed by atoms with Crippen molar-refractivity contribution in [2.24, 2.45) is 5.92 Å². The van der Waals surface area contributed by atoms with Crippen molar-refractivity contribution < 1.29 is 19.0 Å². The lowest BCUT2D eigenvalue weighted by atomic mass is 9.96. The van der Waals surface area contributed by atoms with Crippen LogP contribution in [0.15, 0.2) is 28.7 Å². The topological polar surface area (TPSA) is 44.8 Å². The van der Waals surface area contributed by atoms with Crippen molar-refractivity contribution in [2.75, 3.05) is 20.8 Å². The lowest BCUT2D eigenvalue weighted by molar-refractivity contribution is -0.147. The smallest absolute Gasteiger partial charge is 0.308 e. The van der Waals surface area contributed by atoms with Gasteiger partial charge in [0.25, 0.3) is 0 Å². The van der Waals surface area contributed by atoms with E-state index in [0.29, 0.717) is 13.0 Å². The van der Waals surface area contributed by atoms with Crippen molar-refractivity contribution >= 4 is 32.7 Å². The van der Waals surface area contributed by atoms with E-state index in [4.69, 9.17) is 14.2 Å². The van der Waals surface area contributed by atoms with E-state index in [1.54, 1.807) is 21.1 Å². The Bertz CT molecular complexity index is 712. The number of hydrogen-bond donors (Lipinski definition) is 0. The van der Waals surface area contributed by atoms with Gasteiger partial charge in [0.2, 0.25) is 0 Å². The van der Waals surface area contributed by atoms with Crippen molar-refractivity contribution in [2.45, 2.75) is 20.3 Å². The van der Waals surface area contributed by atoms with Gasteiger partial charge in [-0.15, -0.1) is 0 Å². The average molecular weight is 381 g/mol. The average Bonchev–Trinajstić information content (AvgIpc) is 2.56. The normalized spacial score (nSPS) is 12.0. The summed E-state index contributed by atoms with van der Waals surface area (Å²) in [6.07, 6.45) is 0.504. The van der Waals surface area contributed by atoms with Gasteiger partial charge in [0.1, 0.15) is 11.5 Å². The maximum atomic E-state index is 12.0. The summed E-state index contributed by atoms with van der Waals surface area (Å²) in [5, 5.41) is 1.92. The molecule has 0 saturated carbocycles. The van der Waals surface area contributed by atoms with E-state index in [0.717, 1.165) is 32.3 Å². The summed E-state index contributed by atoms with van der Waals surface area (Å²) in [5.74, 6) is 1.01. The van der Waals surface area contributed by atoms with Crippen LogP contribution in [0.4, 0.5) is 0 Å². The van der Waals surface area contributed by atoms with Crippen LogP contribution in [-0.2, 0) is 16.0 Å². The lowest BCUT2D eigenvalue weighted by Crippen LogP contribution is -2.17. The van der Waals surface area contributed by atoms with Gasteiger partial charge in [-0.3, -0.25) is 4.79 Å². The highest BCUT2D eigenvalue weighted by atomic mass is 79.9. The molecule has 0 aromatic heterocycles. The minimum absolute atomic E-state index is 0.214. The zero-order chi connectivity index (χ0) is 17.0. The fourth-order valence-corrected chi connectivity index (χ4v) is 3.40. The molecule has 1 unspecified atom stereocenters. The summed E-state index contributed by atoms with van der Waals surface area (Å²) < 4.78 is 17.1. The Morgan fingerprint density at radius 1 is 1.13 bits per heavy atom. The second-order valence-electron chi connectivity index (χ2n) is 5.26. The van der Waals surface area contributed by atoms with Gasteiger partial charge < -0.3 is 14.2 Å². The van der Waals surface area contributed by atoms with E-state index >= 15 is 0 Å². The molecule has 2 aromatic rings. The van der Waals surface area contributed by atoms with Crippen molar-refractivity contribution in [3.05, 3.63) is 34.3 Å². The number of carbonyl (C=O) groups excluding carboxylic acids is 1. The van der Waals surface area contributed by atoms with Gasteiger partial charge in [0.15, 0.2) is 0 Å². The molecular weight excluding hydrogens is 360 g/mol. The van der Waals surface area contributed by atoms with Crippen LogP contribution in [0, 0.1) is 5.92 Å². The summed E-state index contributed by atoms with van der Waals surface area (Å²) in [6.45, 7) is 4.04. The van der Waals surface area contributed by atoms with E-state index in [-0.39, 0.29) is 11.9 Å². The van der Waals surface area contributed by atoms with Crippen molar-refractivity contribution in [1.82, 2.24) is 0 Å². The summed E-state index contributed by atoms with van der Waals surface area (Å²) in [7, 11) is 3.27. The summed E-state index contributed by atoms with van der Waals surface area (Å²) in [4.78, 5) is 12.0. The zero-order valence-corrected chi connectivity index (χ0v) is 15.4.